The molecular weight excluding hydrogens is 258 g/mol. The molecule has 0 spiro atoms. The van der Waals surface area contributed by atoms with Gasteiger partial charge in [-0.15, -0.1) is 0 Å². The number of aryl methyl sites for hydroxylation is 2. The van der Waals surface area contributed by atoms with Crippen molar-refractivity contribution in [1.29, 1.82) is 0 Å². The van der Waals surface area contributed by atoms with Crippen molar-refractivity contribution in [1.82, 2.24) is 9.78 Å². The van der Waals surface area contributed by atoms with E-state index in [9.17, 15) is 0 Å². The first-order valence-corrected chi connectivity index (χ1v) is 5.99. The molecule has 0 amide bonds. The van der Waals surface area contributed by atoms with Gasteiger partial charge >= 0.3 is 0 Å². The molecule has 0 aromatic carbocycles. The predicted octanol–water partition coefficient (Wildman–Crippen LogP) is 1.84. The molecule has 5 heteroatoms. The van der Waals surface area contributed by atoms with Gasteiger partial charge in [-0.05, 0) is 42.7 Å². The summed E-state index contributed by atoms with van der Waals surface area (Å²) in [6, 6.07) is 0. The largest absolute Gasteiger partial charge is 0.375 e. The molecule has 4 nitrogen and oxygen atoms in total. The fraction of sp³-hybridized carbons (Fsp3) is 0.700. The molecule has 0 saturated heterocycles. The number of hydrogen-bond donors (Lipinski definition) is 1. The number of nitrogens with two attached hydrogens (primary N) is 1. The van der Waals surface area contributed by atoms with Crippen LogP contribution < -0.4 is 5.73 Å². The van der Waals surface area contributed by atoms with E-state index in [0.717, 1.165) is 28.8 Å². The van der Waals surface area contributed by atoms with Crippen LogP contribution in [0.15, 0.2) is 4.47 Å². The van der Waals surface area contributed by atoms with Crippen LogP contribution in [0.25, 0.3) is 0 Å². The maximum atomic E-state index is 5.53. The molecule has 2 N–H and O–H groups in total. The third-order valence-corrected chi connectivity index (χ3v) is 3.22. The smallest absolute Gasteiger partial charge is 0.0896 e. The summed E-state index contributed by atoms with van der Waals surface area (Å²) in [7, 11) is 0. The fourth-order valence-electron chi connectivity index (χ4n) is 1.36. The molecule has 1 aromatic rings. The lowest BCUT2D eigenvalue weighted by atomic mass is 10.4. The standard InChI is InChI=1S/C10H18BrN3O/c1-3-14-9(7-15-6-4-5-12)10(11)8(2)13-14/h3-7,12H2,1-2H3. The van der Waals surface area contributed by atoms with Gasteiger partial charge in [0.1, 0.15) is 0 Å². The van der Waals surface area contributed by atoms with Crippen molar-refractivity contribution in [2.24, 2.45) is 5.73 Å². The van der Waals surface area contributed by atoms with Crippen LogP contribution in [0.2, 0.25) is 0 Å². The van der Waals surface area contributed by atoms with E-state index >= 15 is 0 Å². The third kappa shape index (κ3) is 3.29. The Kier molecular flexibility index (Phi) is 5.28. The lowest BCUT2D eigenvalue weighted by molar-refractivity contribution is 0.114. The normalized spacial score (nSPS) is 10.9. The van der Waals surface area contributed by atoms with E-state index in [1.54, 1.807) is 0 Å². The SMILES string of the molecule is CCn1nc(C)c(Br)c1COCCCN. The summed E-state index contributed by atoms with van der Waals surface area (Å²) in [5.41, 5.74) is 7.50. The van der Waals surface area contributed by atoms with Crippen molar-refractivity contribution < 1.29 is 4.74 Å². The first kappa shape index (κ1) is 12.7. The van der Waals surface area contributed by atoms with Gasteiger partial charge in [0.05, 0.1) is 22.5 Å². The van der Waals surface area contributed by atoms with Crippen molar-refractivity contribution in [3.05, 3.63) is 15.9 Å². The Bertz CT molecular complexity index is 312. The van der Waals surface area contributed by atoms with Gasteiger partial charge in [-0.1, -0.05) is 0 Å². The van der Waals surface area contributed by atoms with Gasteiger partial charge in [0.15, 0.2) is 0 Å². The molecule has 0 aliphatic heterocycles. The van der Waals surface area contributed by atoms with E-state index in [-0.39, 0.29) is 0 Å². The second-order valence-corrected chi connectivity index (χ2v) is 4.15. The topological polar surface area (TPSA) is 53.1 Å². The first-order valence-electron chi connectivity index (χ1n) is 5.20. The van der Waals surface area contributed by atoms with Gasteiger partial charge < -0.3 is 10.5 Å². The second kappa shape index (κ2) is 6.25. The van der Waals surface area contributed by atoms with Crippen LogP contribution in [-0.4, -0.2) is 22.9 Å². The van der Waals surface area contributed by atoms with Crippen LogP contribution in [0.4, 0.5) is 0 Å². The van der Waals surface area contributed by atoms with E-state index < -0.39 is 0 Å². The highest BCUT2D eigenvalue weighted by Crippen LogP contribution is 2.21. The highest BCUT2D eigenvalue weighted by Gasteiger charge is 2.11. The summed E-state index contributed by atoms with van der Waals surface area (Å²) in [6.45, 7) is 6.89. The fourth-order valence-corrected chi connectivity index (χ4v) is 1.76. The lowest BCUT2D eigenvalue weighted by Gasteiger charge is -2.06. The summed E-state index contributed by atoms with van der Waals surface area (Å²) in [5, 5.41) is 4.39. The minimum atomic E-state index is 0.593. The third-order valence-electron chi connectivity index (χ3n) is 2.18. The first-order chi connectivity index (χ1) is 7.20. The Labute approximate surface area is 98.9 Å². The molecule has 0 atom stereocenters. The molecule has 0 aliphatic carbocycles. The Balaban J connectivity index is 2.58. The Morgan fingerprint density at radius 1 is 1.53 bits per heavy atom. The van der Waals surface area contributed by atoms with Crippen molar-refractivity contribution >= 4 is 15.9 Å². The number of rotatable bonds is 6. The maximum absolute atomic E-state index is 5.53. The molecule has 0 saturated carbocycles. The molecule has 0 fully saturated rings. The zero-order valence-corrected chi connectivity index (χ0v) is 10.9. The van der Waals surface area contributed by atoms with Crippen LogP contribution in [0.5, 0.6) is 0 Å². The molecule has 86 valence electrons. The zero-order valence-electron chi connectivity index (χ0n) is 9.29. The van der Waals surface area contributed by atoms with Crippen LogP contribution in [0.3, 0.4) is 0 Å². The lowest BCUT2D eigenvalue weighted by Crippen LogP contribution is -2.08. The molecule has 1 heterocycles. The summed E-state index contributed by atoms with van der Waals surface area (Å²) in [4.78, 5) is 0. The van der Waals surface area contributed by atoms with Crippen LogP contribution in [-0.2, 0) is 17.9 Å². The van der Waals surface area contributed by atoms with E-state index in [1.807, 2.05) is 11.6 Å². The number of hydrogen-bond acceptors (Lipinski definition) is 3. The van der Waals surface area contributed by atoms with Crippen molar-refractivity contribution in [3.8, 4) is 0 Å². The van der Waals surface area contributed by atoms with E-state index in [1.165, 1.54) is 0 Å². The average Bonchev–Trinajstić information content (AvgIpc) is 2.51. The molecule has 0 aliphatic rings. The van der Waals surface area contributed by atoms with Gasteiger partial charge in [0.2, 0.25) is 0 Å². The number of halogens is 1. The van der Waals surface area contributed by atoms with Gasteiger partial charge in [0.25, 0.3) is 0 Å². The number of ether oxygens (including phenoxy) is 1. The summed E-state index contributed by atoms with van der Waals surface area (Å²) in [5.74, 6) is 0. The number of aromatic nitrogens is 2. The van der Waals surface area contributed by atoms with Crippen molar-refractivity contribution in [2.75, 3.05) is 13.2 Å². The summed E-state index contributed by atoms with van der Waals surface area (Å²) >= 11 is 3.52. The van der Waals surface area contributed by atoms with Gasteiger partial charge in [0, 0.05) is 13.2 Å². The number of nitrogens with zero attached hydrogens (tertiary/aromatic N) is 2. The Morgan fingerprint density at radius 3 is 2.87 bits per heavy atom. The van der Waals surface area contributed by atoms with E-state index in [2.05, 4.69) is 28.0 Å². The van der Waals surface area contributed by atoms with Crippen LogP contribution in [0.1, 0.15) is 24.7 Å². The summed E-state index contributed by atoms with van der Waals surface area (Å²) in [6.07, 6.45) is 0.900. The van der Waals surface area contributed by atoms with Crippen molar-refractivity contribution in [2.45, 2.75) is 33.4 Å². The molecule has 1 aromatic heterocycles. The van der Waals surface area contributed by atoms with Gasteiger partial charge in [-0.3, -0.25) is 4.68 Å². The average molecular weight is 276 g/mol. The maximum Gasteiger partial charge on any atom is 0.0896 e. The molecule has 0 bridgehead atoms. The zero-order chi connectivity index (χ0) is 11.3. The van der Waals surface area contributed by atoms with E-state index in [4.69, 9.17) is 10.5 Å². The highest BCUT2D eigenvalue weighted by atomic mass is 79.9. The molecule has 15 heavy (non-hydrogen) atoms. The van der Waals surface area contributed by atoms with Crippen LogP contribution >= 0.6 is 15.9 Å². The highest BCUT2D eigenvalue weighted by molar-refractivity contribution is 9.10. The molecule has 0 radical (unpaired) electrons. The van der Waals surface area contributed by atoms with Gasteiger partial charge in [-0.2, -0.15) is 5.10 Å². The second-order valence-electron chi connectivity index (χ2n) is 3.36. The minimum Gasteiger partial charge on any atom is -0.375 e. The quantitative estimate of drug-likeness (QED) is 0.807. The molecule has 0 unspecified atom stereocenters. The Morgan fingerprint density at radius 2 is 2.27 bits per heavy atom. The van der Waals surface area contributed by atoms with Gasteiger partial charge in [-0.25, -0.2) is 0 Å². The minimum absolute atomic E-state index is 0.593. The van der Waals surface area contributed by atoms with Crippen LogP contribution in [0, 0.1) is 6.92 Å². The molecule has 1 rings (SSSR count). The monoisotopic (exact) mass is 275 g/mol. The predicted molar refractivity (Wildman–Crippen MR) is 63.7 cm³/mol. The Hall–Kier alpha value is -0.390. The molecular formula is C10H18BrN3O. The summed E-state index contributed by atoms with van der Waals surface area (Å²) < 4.78 is 8.54. The van der Waals surface area contributed by atoms with Crippen molar-refractivity contribution in [3.63, 3.8) is 0 Å². The van der Waals surface area contributed by atoms with E-state index in [0.29, 0.717) is 19.8 Å².